The number of hydrogen-bond acceptors (Lipinski definition) is 3. The highest BCUT2D eigenvalue weighted by atomic mass is 79.9. The van der Waals surface area contributed by atoms with E-state index in [0.717, 1.165) is 9.35 Å². The minimum absolute atomic E-state index is 0.234. The van der Waals surface area contributed by atoms with Crippen LogP contribution in [0.5, 0.6) is 5.75 Å². The minimum atomic E-state index is -4.67. The molecule has 0 atom stereocenters. The molecule has 1 aromatic heterocycles. The molecular formula is C12H9BrF3NOS. The summed E-state index contributed by atoms with van der Waals surface area (Å²) in [6.07, 6.45) is -4.67. The van der Waals surface area contributed by atoms with E-state index in [4.69, 9.17) is 0 Å². The van der Waals surface area contributed by atoms with Gasteiger partial charge in [-0.15, -0.1) is 24.5 Å². The van der Waals surface area contributed by atoms with Crippen LogP contribution >= 0.6 is 27.3 Å². The van der Waals surface area contributed by atoms with E-state index in [1.54, 1.807) is 17.4 Å². The highest BCUT2D eigenvalue weighted by Gasteiger charge is 2.31. The molecule has 2 rings (SSSR count). The third-order valence-electron chi connectivity index (χ3n) is 2.21. The lowest BCUT2D eigenvalue weighted by molar-refractivity contribution is -0.274. The Morgan fingerprint density at radius 3 is 2.68 bits per heavy atom. The molecule has 0 bridgehead atoms. The Bertz CT molecular complexity index is 556. The lowest BCUT2D eigenvalue weighted by atomic mass is 10.3. The molecule has 0 saturated heterocycles. The maximum Gasteiger partial charge on any atom is 0.573 e. The number of halogens is 4. The SMILES string of the molecule is FC(F)(F)Oc1cccc(NCc2sccc2Br)c1. The average Bonchev–Trinajstić information content (AvgIpc) is 2.70. The number of thiophene rings is 1. The number of nitrogens with one attached hydrogen (secondary N) is 1. The van der Waals surface area contributed by atoms with Gasteiger partial charge < -0.3 is 10.1 Å². The fourth-order valence-electron chi connectivity index (χ4n) is 1.44. The zero-order valence-corrected chi connectivity index (χ0v) is 11.9. The predicted molar refractivity (Wildman–Crippen MR) is 72.5 cm³/mol. The lowest BCUT2D eigenvalue weighted by Crippen LogP contribution is -2.17. The zero-order valence-electron chi connectivity index (χ0n) is 9.50. The van der Waals surface area contributed by atoms with Crippen molar-refractivity contribution in [3.8, 4) is 5.75 Å². The molecule has 0 radical (unpaired) electrons. The van der Waals surface area contributed by atoms with Crippen molar-refractivity contribution >= 4 is 33.0 Å². The van der Waals surface area contributed by atoms with Gasteiger partial charge in [-0.25, -0.2) is 0 Å². The smallest absolute Gasteiger partial charge is 0.406 e. The Morgan fingerprint density at radius 1 is 1.26 bits per heavy atom. The lowest BCUT2D eigenvalue weighted by Gasteiger charge is -2.11. The normalized spacial score (nSPS) is 11.4. The Kier molecular flexibility index (Phi) is 4.36. The molecule has 0 unspecified atom stereocenters. The van der Waals surface area contributed by atoms with Crippen LogP contribution in [0.2, 0.25) is 0 Å². The summed E-state index contributed by atoms with van der Waals surface area (Å²) in [5.74, 6) is -0.234. The van der Waals surface area contributed by atoms with Gasteiger partial charge in [-0.1, -0.05) is 6.07 Å². The van der Waals surface area contributed by atoms with Crippen molar-refractivity contribution < 1.29 is 17.9 Å². The van der Waals surface area contributed by atoms with Gasteiger partial charge in [0.1, 0.15) is 5.75 Å². The Labute approximate surface area is 120 Å². The second-order valence-corrected chi connectivity index (χ2v) is 5.48. The fourth-order valence-corrected chi connectivity index (χ4v) is 2.87. The van der Waals surface area contributed by atoms with Crippen molar-refractivity contribution in [2.75, 3.05) is 5.32 Å². The van der Waals surface area contributed by atoms with Gasteiger partial charge in [0.2, 0.25) is 0 Å². The number of rotatable bonds is 4. The molecule has 0 aliphatic heterocycles. The molecule has 0 aliphatic rings. The van der Waals surface area contributed by atoms with E-state index in [-0.39, 0.29) is 5.75 Å². The van der Waals surface area contributed by atoms with E-state index in [1.165, 1.54) is 18.2 Å². The fraction of sp³-hybridized carbons (Fsp3) is 0.167. The van der Waals surface area contributed by atoms with Gasteiger partial charge in [0.15, 0.2) is 0 Å². The van der Waals surface area contributed by atoms with Crippen molar-refractivity contribution in [1.29, 1.82) is 0 Å². The van der Waals surface area contributed by atoms with Crippen LogP contribution in [0, 0.1) is 0 Å². The molecule has 2 aromatic rings. The molecule has 0 fully saturated rings. The van der Waals surface area contributed by atoms with Crippen LogP contribution in [-0.2, 0) is 6.54 Å². The summed E-state index contributed by atoms with van der Waals surface area (Å²) in [6, 6.07) is 7.69. The second kappa shape index (κ2) is 5.83. The maximum atomic E-state index is 12.1. The third-order valence-corrected chi connectivity index (χ3v) is 4.14. The molecule has 0 saturated carbocycles. The molecule has 102 valence electrons. The summed E-state index contributed by atoms with van der Waals surface area (Å²) >= 11 is 4.95. The average molecular weight is 352 g/mol. The molecule has 0 amide bonds. The van der Waals surface area contributed by atoms with Crippen molar-refractivity contribution in [1.82, 2.24) is 0 Å². The first-order chi connectivity index (χ1) is 8.94. The Morgan fingerprint density at radius 2 is 2.05 bits per heavy atom. The van der Waals surface area contributed by atoms with Crippen LogP contribution in [0.15, 0.2) is 40.2 Å². The first-order valence-corrected chi connectivity index (χ1v) is 6.93. The van der Waals surface area contributed by atoms with Crippen molar-refractivity contribution in [3.63, 3.8) is 0 Å². The summed E-state index contributed by atoms with van der Waals surface area (Å²) in [4.78, 5) is 1.07. The molecule has 1 heterocycles. The van der Waals surface area contributed by atoms with Crippen molar-refractivity contribution in [2.45, 2.75) is 12.9 Å². The molecule has 0 spiro atoms. The standard InChI is InChI=1S/C12H9BrF3NOS/c13-10-4-5-19-11(10)7-17-8-2-1-3-9(6-8)18-12(14,15)16/h1-6,17H,7H2. The van der Waals surface area contributed by atoms with Crippen LogP contribution < -0.4 is 10.1 Å². The summed E-state index contributed by atoms with van der Waals surface area (Å²) in [5.41, 5.74) is 0.571. The second-order valence-electron chi connectivity index (χ2n) is 3.62. The van der Waals surface area contributed by atoms with Crippen molar-refractivity contribution in [3.05, 3.63) is 45.1 Å². The number of hydrogen-bond donors (Lipinski definition) is 1. The van der Waals surface area contributed by atoms with Gasteiger partial charge in [0, 0.05) is 21.1 Å². The largest absolute Gasteiger partial charge is 0.573 e. The van der Waals surface area contributed by atoms with Gasteiger partial charge in [-0.2, -0.15) is 0 Å². The molecule has 2 nitrogen and oxygen atoms in total. The Balaban J connectivity index is 2.01. The van der Waals surface area contributed by atoms with Gasteiger partial charge in [-0.3, -0.25) is 0 Å². The zero-order chi connectivity index (χ0) is 13.9. The third kappa shape index (κ3) is 4.43. The molecular weight excluding hydrogens is 343 g/mol. The molecule has 19 heavy (non-hydrogen) atoms. The number of alkyl halides is 3. The Hall–Kier alpha value is -1.21. The minimum Gasteiger partial charge on any atom is -0.406 e. The molecule has 0 aliphatic carbocycles. The van der Waals surface area contributed by atoms with Crippen LogP contribution in [0.1, 0.15) is 4.88 Å². The summed E-state index contributed by atoms with van der Waals surface area (Å²) in [7, 11) is 0. The van der Waals surface area contributed by atoms with E-state index in [2.05, 4.69) is 26.0 Å². The van der Waals surface area contributed by atoms with Gasteiger partial charge in [0.25, 0.3) is 0 Å². The van der Waals surface area contributed by atoms with Crippen LogP contribution in [-0.4, -0.2) is 6.36 Å². The van der Waals surface area contributed by atoms with Gasteiger partial charge in [0.05, 0.1) is 6.54 Å². The van der Waals surface area contributed by atoms with E-state index in [9.17, 15) is 13.2 Å². The quantitative estimate of drug-likeness (QED) is 0.834. The highest BCUT2D eigenvalue weighted by Crippen LogP contribution is 2.27. The van der Waals surface area contributed by atoms with Crippen LogP contribution in [0.25, 0.3) is 0 Å². The van der Waals surface area contributed by atoms with E-state index in [1.807, 2.05) is 11.4 Å². The summed E-state index contributed by atoms with van der Waals surface area (Å²) < 4.78 is 41.1. The summed E-state index contributed by atoms with van der Waals surface area (Å²) in [5, 5.41) is 4.98. The van der Waals surface area contributed by atoms with E-state index in [0.29, 0.717) is 12.2 Å². The summed E-state index contributed by atoms with van der Waals surface area (Å²) in [6.45, 7) is 0.535. The monoisotopic (exact) mass is 351 g/mol. The molecule has 1 N–H and O–H groups in total. The van der Waals surface area contributed by atoms with E-state index >= 15 is 0 Å². The number of ether oxygens (including phenoxy) is 1. The first-order valence-electron chi connectivity index (χ1n) is 5.25. The predicted octanol–water partition coefficient (Wildman–Crippen LogP) is 5.02. The molecule has 1 aromatic carbocycles. The van der Waals surface area contributed by atoms with Crippen LogP contribution in [0.4, 0.5) is 18.9 Å². The van der Waals surface area contributed by atoms with Crippen molar-refractivity contribution in [2.24, 2.45) is 0 Å². The van der Waals surface area contributed by atoms with Gasteiger partial charge in [-0.05, 0) is 39.5 Å². The van der Waals surface area contributed by atoms with E-state index < -0.39 is 6.36 Å². The van der Waals surface area contributed by atoms with Crippen LogP contribution in [0.3, 0.4) is 0 Å². The number of benzene rings is 1. The number of anilines is 1. The highest BCUT2D eigenvalue weighted by molar-refractivity contribution is 9.10. The maximum absolute atomic E-state index is 12.1. The van der Waals surface area contributed by atoms with Gasteiger partial charge >= 0.3 is 6.36 Å². The first kappa shape index (κ1) is 14.2. The topological polar surface area (TPSA) is 21.3 Å². The molecule has 7 heteroatoms.